The van der Waals surface area contributed by atoms with Gasteiger partial charge in [-0.15, -0.1) is 0 Å². The van der Waals surface area contributed by atoms with Gasteiger partial charge in [-0.25, -0.2) is 0 Å². The van der Waals surface area contributed by atoms with E-state index in [9.17, 15) is 4.79 Å². The molecule has 0 spiro atoms. The predicted octanol–water partition coefficient (Wildman–Crippen LogP) is 2.73. The van der Waals surface area contributed by atoms with E-state index in [1.54, 1.807) is 0 Å². The summed E-state index contributed by atoms with van der Waals surface area (Å²) in [7, 11) is 0. The molecule has 0 unspecified atom stereocenters. The number of carbonyl (C=O) groups excluding carboxylic acids is 1. The molecule has 0 heterocycles. The molecule has 0 radical (unpaired) electrons. The van der Waals surface area contributed by atoms with E-state index in [1.807, 2.05) is 0 Å². The lowest BCUT2D eigenvalue weighted by atomic mass is 9.96. The van der Waals surface area contributed by atoms with E-state index < -0.39 is 0 Å². The first-order valence-electron chi connectivity index (χ1n) is 7.75. The van der Waals surface area contributed by atoms with Crippen molar-refractivity contribution >= 4 is 5.91 Å². The molecule has 3 heteroatoms. The maximum Gasteiger partial charge on any atom is 0.220 e. The summed E-state index contributed by atoms with van der Waals surface area (Å²) in [4.78, 5) is 12.0. The van der Waals surface area contributed by atoms with Crippen molar-refractivity contribution < 1.29 is 4.79 Å². The van der Waals surface area contributed by atoms with Crippen LogP contribution in [0.2, 0.25) is 0 Å². The maximum atomic E-state index is 12.0. The third-order valence-corrected chi connectivity index (χ3v) is 4.85. The number of amides is 1. The molecule has 2 rings (SSSR count). The smallest absolute Gasteiger partial charge is 0.220 e. The summed E-state index contributed by atoms with van der Waals surface area (Å²) < 4.78 is 0. The summed E-state index contributed by atoms with van der Waals surface area (Å²) in [5, 5.41) is 3.20. The zero-order chi connectivity index (χ0) is 12.8. The van der Waals surface area contributed by atoms with Gasteiger partial charge in [-0.3, -0.25) is 4.79 Å². The van der Waals surface area contributed by atoms with Crippen LogP contribution in [0.25, 0.3) is 0 Å². The highest BCUT2D eigenvalue weighted by molar-refractivity contribution is 5.76. The summed E-state index contributed by atoms with van der Waals surface area (Å²) in [5.74, 6) is 1.12. The van der Waals surface area contributed by atoms with E-state index in [0.717, 1.165) is 25.2 Å². The lowest BCUT2D eigenvalue weighted by molar-refractivity contribution is -0.123. The van der Waals surface area contributed by atoms with Crippen molar-refractivity contribution in [2.24, 2.45) is 11.7 Å². The minimum absolute atomic E-state index is 0.0650. The van der Waals surface area contributed by atoms with Gasteiger partial charge in [-0.2, -0.15) is 0 Å². The van der Waals surface area contributed by atoms with Crippen molar-refractivity contribution in [3.05, 3.63) is 0 Å². The van der Waals surface area contributed by atoms with Crippen LogP contribution in [0.4, 0.5) is 0 Å². The van der Waals surface area contributed by atoms with Crippen LogP contribution in [0.1, 0.15) is 70.6 Å². The Morgan fingerprint density at radius 3 is 2.44 bits per heavy atom. The second kappa shape index (κ2) is 6.55. The van der Waals surface area contributed by atoms with Crippen LogP contribution < -0.4 is 11.1 Å². The van der Waals surface area contributed by atoms with Gasteiger partial charge < -0.3 is 11.1 Å². The third kappa shape index (κ3) is 3.71. The Morgan fingerprint density at radius 2 is 1.83 bits per heavy atom. The highest BCUT2D eigenvalue weighted by atomic mass is 16.1. The van der Waals surface area contributed by atoms with Gasteiger partial charge in [-0.05, 0) is 31.6 Å². The van der Waals surface area contributed by atoms with Crippen LogP contribution in [-0.2, 0) is 4.79 Å². The highest BCUT2D eigenvalue weighted by Crippen LogP contribution is 2.30. The SMILES string of the molecule is NCC1(NC(=O)CCCC2CCCC2)CCCC1. The van der Waals surface area contributed by atoms with Gasteiger partial charge in [-0.1, -0.05) is 38.5 Å². The highest BCUT2D eigenvalue weighted by Gasteiger charge is 2.33. The second-order valence-electron chi connectivity index (χ2n) is 6.28. The van der Waals surface area contributed by atoms with E-state index in [2.05, 4.69) is 5.32 Å². The van der Waals surface area contributed by atoms with Gasteiger partial charge in [0.2, 0.25) is 5.91 Å². The largest absolute Gasteiger partial charge is 0.349 e. The second-order valence-corrected chi connectivity index (χ2v) is 6.28. The lowest BCUT2D eigenvalue weighted by Crippen LogP contribution is -2.51. The molecule has 104 valence electrons. The number of hydrogen-bond donors (Lipinski definition) is 2. The third-order valence-electron chi connectivity index (χ3n) is 4.85. The zero-order valence-electron chi connectivity index (χ0n) is 11.5. The average molecular weight is 252 g/mol. The summed E-state index contributed by atoms with van der Waals surface area (Å²) >= 11 is 0. The Labute approximate surface area is 111 Å². The van der Waals surface area contributed by atoms with Gasteiger partial charge in [0.25, 0.3) is 0 Å². The number of nitrogens with two attached hydrogens (primary N) is 1. The lowest BCUT2D eigenvalue weighted by Gasteiger charge is -2.28. The monoisotopic (exact) mass is 252 g/mol. The minimum Gasteiger partial charge on any atom is -0.349 e. The Kier molecular flexibility index (Phi) is 5.04. The fraction of sp³-hybridized carbons (Fsp3) is 0.933. The van der Waals surface area contributed by atoms with Crippen LogP contribution in [0.5, 0.6) is 0 Å². The van der Waals surface area contributed by atoms with Crippen molar-refractivity contribution in [1.82, 2.24) is 5.32 Å². The molecular weight excluding hydrogens is 224 g/mol. The van der Waals surface area contributed by atoms with Crippen molar-refractivity contribution in [3.8, 4) is 0 Å². The maximum absolute atomic E-state index is 12.0. The number of rotatable bonds is 6. The summed E-state index contributed by atoms with van der Waals surface area (Å²) in [5.41, 5.74) is 5.77. The minimum atomic E-state index is -0.0650. The van der Waals surface area contributed by atoms with Crippen molar-refractivity contribution in [2.45, 2.75) is 76.2 Å². The molecule has 2 fully saturated rings. The first kappa shape index (κ1) is 13.9. The van der Waals surface area contributed by atoms with E-state index in [-0.39, 0.29) is 11.4 Å². The van der Waals surface area contributed by atoms with Crippen LogP contribution in [0.3, 0.4) is 0 Å². The molecule has 0 aromatic heterocycles. The molecule has 0 aromatic rings. The van der Waals surface area contributed by atoms with E-state index in [4.69, 9.17) is 5.73 Å². The molecule has 18 heavy (non-hydrogen) atoms. The first-order chi connectivity index (χ1) is 8.74. The number of nitrogens with one attached hydrogen (secondary N) is 1. The van der Waals surface area contributed by atoms with E-state index in [0.29, 0.717) is 13.0 Å². The molecule has 3 N–H and O–H groups in total. The molecule has 0 atom stereocenters. The summed E-state index contributed by atoms with van der Waals surface area (Å²) in [6.07, 6.45) is 13.1. The van der Waals surface area contributed by atoms with Gasteiger partial charge in [0.15, 0.2) is 0 Å². The fourth-order valence-electron chi connectivity index (χ4n) is 3.64. The molecule has 0 saturated heterocycles. The van der Waals surface area contributed by atoms with Crippen molar-refractivity contribution in [3.63, 3.8) is 0 Å². The molecular formula is C15H28N2O. The number of carbonyl (C=O) groups is 1. The van der Waals surface area contributed by atoms with Gasteiger partial charge in [0.1, 0.15) is 0 Å². The van der Waals surface area contributed by atoms with Gasteiger partial charge in [0.05, 0.1) is 5.54 Å². The van der Waals surface area contributed by atoms with Crippen LogP contribution in [0, 0.1) is 5.92 Å². The first-order valence-corrected chi connectivity index (χ1v) is 7.75. The summed E-state index contributed by atoms with van der Waals surface area (Å²) in [6, 6.07) is 0. The van der Waals surface area contributed by atoms with E-state index >= 15 is 0 Å². The Balaban J connectivity index is 1.64. The fourth-order valence-corrected chi connectivity index (χ4v) is 3.64. The quantitative estimate of drug-likeness (QED) is 0.763. The van der Waals surface area contributed by atoms with Gasteiger partial charge >= 0.3 is 0 Å². The Morgan fingerprint density at radius 1 is 1.17 bits per heavy atom. The molecule has 0 bridgehead atoms. The normalized spacial score (nSPS) is 23.4. The predicted molar refractivity (Wildman–Crippen MR) is 74.2 cm³/mol. The van der Waals surface area contributed by atoms with Crippen LogP contribution in [0.15, 0.2) is 0 Å². The van der Waals surface area contributed by atoms with Gasteiger partial charge in [0, 0.05) is 13.0 Å². The topological polar surface area (TPSA) is 55.1 Å². The summed E-state index contributed by atoms with van der Waals surface area (Å²) in [6.45, 7) is 0.599. The molecule has 2 aliphatic rings. The number of hydrogen-bond acceptors (Lipinski definition) is 2. The van der Waals surface area contributed by atoms with E-state index in [1.165, 1.54) is 44.9 Å². The van der Waals surface area contributed by atoms with Crippen LogP contribution >= 0.6 is 0 Å². The average Bonchev–Trinajstić information content (AvgIpc) is 3.01. The molecule has 0 aliphatic heterocycles. The molecule has 0 aromatic carbocycles. The van der Waals surface area contributed by atoms with Crippen molar-refractivity contribution in [1.29, 1.82) is 0 Å². The Bertz CT molecular complexity index is 266. The zero-order valence-corrected chi connectivity index (χ0v) is 11.5. The van der Waals surface area contributed by atoms with Crippen molar-refractivity contribution in [2.75, 3.05) is 6.54 Å². The van der Waals surface area contributed by atoms with Crippen LogP contribution in [-0.4, -0.2) is 18.0 Å². The molecule has 3 nitrogen and oxygen atoms in total. The molecule has 1 amide bonds. The standard InChI is InChI=1S/C15H28N2O/c16-12-15(10-3-4-11-15)17-14(18)9-5-8-13-6-1-2-7-13/h13H,1-12,16H2,(H,17,18). The molecule has 2 saturated carbocycles. The Hall–Kier alpha value is -0.570. The molecule has 2 aliphatic carbocycles.